The van der Waals surface area contributed by atoms with E-state index in [1.54, 1.807) is 0 Å². The van der Waals surface area contributed by atoms with Gasteiger partial charge in [-0.3, -0.25) is 9.59 Å². The Balaban J connectivity index is 0. The second kappa shape index (κ2) is 45.9. The van der Waals surface area contributed by atoms with E-state index in [4.69, 9.17) is 9.84 Å². The summed E-state index contributed by atoms with van der Waals surface area (Å²) in [7, 11) is 0. The van der Waals surface area contributed by atoms with Crippen molar-refractivity contribution in [1.29, 1.82) is 0 Å². The molecule has 50 heavy (non-hydrogen) atoms. The number of unbranched alkanes of at least 4 members (excludes halogenated alkanes) is 14. The predicted octanol–water partition coefficient (Wildman–Crippen LogP) is 14.2. The number of ether oxygens (including phenoxy) is 1. The van der Waals surface area contributed by atoms with Gasteiger partial charge in [0.25, 0.3) is 0 Å². The van der Waals surface area contributed by atoms with Crippen molar-refractivity contribution in [2.45, 2.75) is 251 Å². The van der Waals surface area contributed by atoms with Crippen molar-refractivity contribution >= 4 is 11.9 Å². The fourth-order valence-corrected chi connectivity index (χ4v) is 7.06. The summed E-state index contributed by atoms with van der Waals surface area (Å²) >= 11 is 0. The van der Waals surface area contributed by atoms with Crippen molar-refractivity contribution in [3.63, 3.8) is 0 Å². The highest BCUT2D eigenvalue weighted by atomic mass is 16.5. The van der Waals surface area contributed by atoms with Crippen molar-refractivity contribution in [3.8, 4) is 0 Å². The lowest BCUT2D eigenvalue weighted by atomic mass is 10.0. The van der Waals surface area contributed by atoms with Crippen LogP contribution in [-0.4, -0.2) is 36.7 Å². The third-order valence-electron chi connectivity index (χ3n) is 10.3. The van der Waals surface area contributed by atoms with Gasteiger partial charge >= 0.3 is 11.9 Å². The predicted molar refractivity (Wildman–Crippen MR) is 218 cm³/mol. The number of esters is 1. The van der Waals surface area contributed by atoms with Crippen molar-refractivity contribution in [3.05, 3.63) is 0 Å². The van der Waals surface area contributed by atoms with Crippen LogP contribution in [0.1, 0.15) is 251 Å². The number of carboxylic acid groups (broad SMARTS) is 1. The molecule has 6 heteroatoms. The highest BCUT2D eigenvalue weighted by Gasteiger charge is 2.01. The second-order valence-corrected chi connectivity index (χ2v) is 15.2. The van der Waals surface area contributed by atoms with E-state index in [-0.39, 0.29) is 12.1 Å². The molecule has 1 aliphatic heterocycles. The summed E-state index contributed by atoms with van der Waals surface area (Å²) in [4.78, 5) is 21.5. The minimum Gasteiger partial charge on any atom is -0.481 e. The minimum absolute atomic E-state index is 0. The van der Waals surface area contributed by atoms with Gasteiger partial charge in [0.2, 0.25) is 0 Å². The molecule has 0 aromatic rings. The summed E-state index contributed by atoms with van der Waals surface area (Å²) in [6.45, 7) is 4.84. The SMILES string of the molecule is C1CCCCCCCCCCCNCCCCCCCCCCC1.CCOC(=O)CCCCCCCCCCCCCCCCCC(=O)O.N. The molecule has 1 heterocycles. The summed E-state index contributed by atoms with van der Waals surface area (Å²) in [6.07, 6.45) is 50.1. The molecule has 300 valence electrons. The molecule has 0 radical (unpaired) electrons. The highest BCUT2D eigenvalue weighted by molar-refractivity contribution is 5.69. The Hall–Kier alpha value is -1.14. The largest absolute Gasteiger partial charge is 0.481 e. The molecule has 0 amide bonds. The zero-order valence-corrected chi connectivity index (χ0v) is 33.9. The first-order valence-corrected chi connectivity index (χ1v) is 22.2. The van der Waals surface area contributed by atoms with Crippen LogP contribution in [0.5, 0.6) is 0 Å². The van der Waals surface area contributed by atoms with E-state index in [2.05, 4.69) is 5.32 Å². The molecule has 0 atom stereocenters. The normalized spacial score (nSPS) is 16.9. The van der Waals surface area contributed by atoms with Gasteiger partial charge in [0, 0.05) is 12.8 Å². The molecular weight excluding hydrogens is 620 g/mol. The average Bonchev–Trinajstić information content (AvgIpc) is 3.09. The van der Waals surface area contributed by atoms with Gasteiger partial charge in [-0.25, -0.2) is 0 Å². The van der Waals surface area contributed by atoms with Crippen LogP contribution in [0.15, 0.2) is 0 Å². The smallest absolute Gasteiger partial charge is 0.305 e. The number of carboxylic acids is 1. The molecule has 5 N–H and O–H groups in total. The number of aliphatic carboxylic acids is 1. The van der Waals surface area contributed by atoms with Crippen LogP contribution in [0.4, 0.5) is 0 Å². The molecule has 1 fully saturated rings. The van der Waals surface area contributed by atoms with Crippen LogP contribution in [0.3, 0.4) is 0 Å². The molecule has 1 rings (SSSR count). The quantitative estimate of drug-likeness (QED) is 0.0909. The maximum Gasteiger partial charge on any atom is 0.305 e. The van der Waals surface area contributed by atoms with E-state index in [1.807, 2.05) is 6.92 Å². The van der Waals surface area contributed by atoms with Gasteiger partial charge in [-0.05, 0) is 45.7 Å². The fraction of sp³-hybridized carbons (Fsp3) is 0.955. The number of carbonyl (C=O) groups excluding carboxylic acids is 1. The molecule has 6 nitrogen and oxygen atoms in total. The van der Waals surface area contributed by atoms with E-state index < -0.39 is 5.97 Å². The van der Waals surface area contributed by atoms with Gasteiger partial charge in [-0.1, -0.05) is 205 Å². The topological polar surface area (TPSA) is 111 Å². The van der Waals surface area contributed by atoms with E-state index in [1.165, 1.54) is 219 Å². The standard InChI is InChI=1S/C23H47N.C21H40O4.H3N/c1-2-4-6-8-10-12-14-16-18-20-22-24-23-21-19-17-15-13-11-9-7-5-3-1;1-2-25-21(24)19-17-15-13-11-9-7-5-3-4-6-8-10-12-14-16-18-20(22)23;/h24H,1-23H2;2-19H2,1H3,(H,22,23);1H3. The van der Waals surface area contributed by atoms with Crippen molar-refractivity contribution in [1.82, 2.24) is 11.5 Å². The van der Waals surface area contributed by atoms with Crippen molar-refractivity contribution in [2.24, 2.45) is 0 Å². The van der Waals surface area contributed by atoms with Gasteiger partial charge in [-0.2, -0.15) is 0 Å². The maximum absolute atomic E-state index is 11.2. The van der Waals surface area contributed by atoms with Crippen LogP contribution in [0.2, 0.25) is 0 Å². The van der Waals surface area contributed by atoms with Crippen LogP contribution >= 0.6 is 0 Å². The van der Waals surface area contributed by atoms with Gasteiger partial charge in [0.1, 0.15) is 0 Å². The highest BCUT2D eigenvalue weighted by Crippen LogP contribution is 2.16. The number of hydrogen-bond donors (Lipinski definition) is 3. The number of nitrogens with one attached hydrogen (secondary N) is 1. The first-order valence-electron chi connectivity index (χ1n) is 22.2. The fourth-order valence-electron chi connectivity index (χ4n) is 7.06. The van der Waals surface area contributed by atoms with E-state index >= 15 is 0 Å². The number of carbonyl (C=O) groups is 2. The Bertz CT molecular complexity index is 550. The lowest BCUT2D eigenvalue weighted by Gasteiger charge is -2.06. The van der Waals surface area contributed by atoms with Gasteiger partial charge < -0.3 is 21.3 Å². The van der Waals surface area contributed by atoms with E-state index in [0.29, 0.717) is 19.4 Å². The molecule has 0 saturated carbocycles. The molecule has 0 spiro atoms. The average molecular weight is 711 g/mol. The third kappa shape index (κ3) is 46.9. The molecule has 0 bridgehead atoms. The summed E-state index contributed by atoms with van der Waals surface area (Å²) in [5.41, 5.74) is 0. The van der Waals surface area contributed by atoms with Crippen LogP contribution < -0.4 is 11.5 Å². The summed E-state index contributed by atoms with van der Waals surface area (Å²) in [6, 6.07) is 0. The summed E-state index contributed by atoms with van der Waals surface area (Å²) in [5.74, 6) is -0.723. The van der Waals surface area contributed by atoms with Crippen molar-refractivity contribution in [2.75, 3.05) is 19.7 Å². The summed E-state index contributed by atoms with van der Waals surface area (Å²) in [5, 5.41) is 12.2. The first kappa shape index (κ1) is 51.0. The van der Waals surface area contributed by atoms with Crippen LogP contribution in [0, 0.1) is 0 Å². The molecule has 1 aliphatic rings. The molecule has 0 aromatic carbocycles. The van der Waals surface area contributed by atoms with Crippen molar-refractivity contribution < 1.29 is 19.4 Å². The summed E-state index contributed by atoms with van der Waals surface area (Å²) < 4.78 is 4.91. The lowest BCUT2D eigenvalue weighted by molar-refractivity contribution is -0.143. The zero-order chi connectivity index (χ0) is 35.6. The lowest BCUT2D eigenvalue weighted by Crippen LogP contribution is -2.16. The molecule has 0 aliphatic carbocycles. The Morgan fingerprint density at radius 2 is 0.660 bits per heavy atom. The van der Waals surface area contributed by atoms with Crippen LogP contribution in [-0.2, 0) is 14.3 Å². The second-order valence-electron chi connectivity index (χ2n) is 15.2. The Labute approximate surface area is 312 Å². The number of rotatable bonds is 19. The third-order valence-corrected chi connectivity index (χ3v) is 10.3. The van der Waals surface area contributed by atoms with Gasteiger partial charge in [0.15, 0.2) is 0 Å². The van der Waals surface area contributed by atoms with E-state index in [0.717, 1.165) is 25.7 Å². The van der Waals surface area contributed by atoms with Gasteiger partial charge in [0.05, 0.1) is 6.61 Å². The molecular formula is C44H90N2O4. The zero-order valence-electron chi connectivity index (χ0n) is 33.9. The molecule has 0 aromatic heterocycles. The maximum atomic E-state index is 11.2. The van der Waals surface area contributed by atoms with Crippen LogP contribution in [0.25, 0.3) is 0 Å². The monoisotopic (exact) mass is 711 g/mol. The Morgan fingerprint density at radius 3 is 0.920 bits per heavy atom. The first-order chi connectivity index (χ1) is 24.2. The Kier molecular flexibility index (Phi) is 46.8. The number of hydrogen-bond acceptors (Lipinski definition) is 5. The molecule has 0 unspecified atom stereocenters. The van der Waals surface area contributed by atoms with Gasteiger partial charge in [-0.15, -0.1) is 0 Å². The minimum atomic E-state index is -0.670. The Morgan fingerprint density at radius 1 is 0.420 bits per heavy atom. The molecule has 1 saturated heterocycles. The van der Waals surface area contributed by atoms with E-state index in [9.17, 15) is 9.59 Å².